The monoisotopic (exact) mass is 1080 g/mol. The lowest BCUT2D eigenvalue weighted by Crippen LogP contribution is -2.65. The van der Waals surface area contributed by atoms with E-state index < -0.39 is 65.8 Å². The van der Waals surface area contributed by atoms with E-state index in [0.717, 1.165) is 5.56 Å². The van der Waals surface area contributed by atoms with Crippen LogP contribution in [-0.2, 0) is 72.1 Å². The van der Waals surface area contributed by atoms with Crippen molar-refractivity contribution in [1.82, 2.24) is 26.6 Å². The number of urea groups is 1. The molecule has 0 aliphatic rings. The Hall–Kier alpha value is -6.99. The van der Waals surface area contributed by atoms with Crippen molar-refractivity contribution in [3.63, 3.8) is 0 Å². The molecule has 0 heterocycles. The summed E-state index contributed by atoms with van der Waals surface area (Å²) in [5.74, 6) is -2.36. The van der Waals surface area contributed by atoms with Crippen LogP contribution in [0.5, 0.6) is 11.5 Å². The highest BCUT2D eigenvalue weighted by Crippen LogP contribution is 2.18. The van der Waals surface area contributed by atoms with Gasteiger partial charge in [0.15, 0.2) is 5.66 Å². The van der Waals surface area contributed by atoms with Gasteiger partial charge in [-0.05, 0) is 113 Å². The van der Waals surface area contributed by atoms with Gasteiger partial charge in [0, 0.05) is 38.8 Å². The van der Waals surface area contributed by atoms with E-state index in [0.29, 0.717) is 87.0 Å². The second-order valence-corrected chi connectivity index (χ2v) is 19.1. The Labute approximate surface area is 447 Å². The summed E-state index contributed by atoms with van der Waals surface area (Å²) in [6, 6.07) is 19.7. The molecule has 5 amide bonds. The number of unbranched alkanes of at least 4 members (excludes halogenated alkanes) is 5. The number of carbonyl (C=O) groups excluding carboxylic acids is 8. The third-order valence-corrected chi connectivity index (χ3v) is 11.7. The van der Waals surface area contributed by atoms with Crippen LogP contribution < -0.4 is 41.8 Å². The van der Waals surface area contributed by atoms with E-state index in [2.05, 4.69) is 31.1 Å². The Morgan fingerprint density at radius 3 is 1.57 bits per heavy atom. The molecule has 76 heavy (non-hydrogen) atoms. The maximum Gasteiger partial charge on any atom is 0.407 e. The molecule has 3 aromatic rings. The van der Waals surface area contributed by atoms with Crippen LogP contribution in [0.25, 0.3) is 0 Å². The number of methoxy groups -OCH3 is 2. The zero-order chi connectivity index (χ0) is 55.8. The molecule has 0 fully saturated rings. The van der Waals surface area contributed by atoms with Crippen molar-refractivity contribution < 1.29 is 71.3 Å². The molecule has 0 radical (unpaired) electrons. The minimum Gasteiger partial charge on any atom is -0.497 e. The lowest BCUT2D eigenvalue weighted by molar-refractivity contribution is -0.153. The highest BCUT2D eigenvalue weighted by molar-refractivity contribution is 7.10. The van der Waals surface area contributed by atoms with E-state index in [9.17, 15) is 38.4 Å². The fraction of sp³-hybridized carbons (Fsp3) is 0.519. The van der Waals surface area contributed by atoms with Crippen LogP contribution >= 0.6 is 9.47 Å². The minimum absolute atomic E-state index is 0.0650. The second-order valence-electron chi connectivity index (χ2n) is 18.9. The van der Waals surface area contributed by atoms with Crippen LogP contribution in [0, 0.1) is 0 Å². The van der Waals surface area contributed by atoms with Gasteiger partial charge < -0.3 is 59.5 Å². The van der Waals surface area contributed by atoms with Gasteiger partial charge in [-0.3, -0.25) is 20.1 Å². The summed E-state index contributed by atoms with van der Waals surface area (Å²) in [5.41, 5.74) is 5.62. The number of nitrogens with one attached hydrogen (secondary N) is 5. The maximum absolute atomic E-state index is 13.5. The van der Waals surface area contributed by atoms with Gasteiger partial charge in [-0.2, -0.15) is 0 Å². The first-order chi connectivity index (χ1) is 36.3. The fourth-order valence-electron chi connectivity index (χ4n) is 7.23. The topological polar surface area (TPSA) is 287 Å². The van der Waals surface area contributed by atoms with Gasteiger partial charge in [0.05, 0.1) is 23.7 Å². The van der Waals surface area contributed by atoms with Crippen molar-refractivity contribution in [2.45, 2.75) is 154 Å². The summed E-state index contributed by atoms with van der Waals surface area (Å²) in [6.07, 6.45) is 3.92. The zero-order valence-corrected chi connectivity index (χ0v) is 45.5. The first kappa shape index (κ1) is 63.3. The Bertz CT molecular complexity index is 2280. The van der Waals surface area contributed by atoms with Crippen molar-refractivity contribution in [1.29, 1.82) is 0 Å². The smallest absolute Gasteiger partial charge is 0.407 e. The van der Waals surface area contributed by atoms with Gasteiger partial charge in [-0.1, -0.05) is 67.4 Å². The van der Waals surface area contributed by atoms with Gasteiger partial charge in [-0.25, -0.2) is 24.0 Å². The molecule has 0 spiro atoms. The molecule has 3 rings (SSSR count). The Morgan fingerprint density at radius 1 is 0.566 bits per heavy atom. The molecule has 0 aromatic heterocycles. The molecule has 3 aromatic carbocycles. The summed E-state index contributed by atoms with van der Waals surface area (Å²) in [6.45, 7) is 5.68. The Balaban J connectivity index is 1.47. The number of nitrogens with two attached hydrogens (primary N) is 1. The largest absolute Gasteiger partial charge is 0.497 e. The predicted octanol–water partition coefficient (Wildman–Crippen LogP) is 6.48. The zero-order valence-electron chi connectivity index (χ0n) is 44.4. The molecule has 21 nitrogen and oxygen atoms in total. The molecule has 0 bridgehead atoms. The number of alkyl carbamates (subject to hydrolysis) is 1. The van der Waals surface area contributed by atoms with Crippen LogP contribution in [0.2, 0.25) is 0 Å². The molecule has 3 unspecified atom stereocenters. The summed E-state index contributed by atoms with van der Waals surface area (Å²) in [5, 5.41) is 13.3. The Kier molecular flexibility index (Phi) is 28.8. The molecule has 7 N–H and O–H groups in total. The summed E-state index contributed by atoms with van der Waals surface area (Å²) in [4.78, 5) is 103. The molecule has 0 saturated heterocycles. The van der Waals surface area contributed by atoms with Crippen molar-refractivity contribution in [2.75, 3.05) is 27.3 Å². The lowest BCUT2D eigenvalue weighted by atomic mass is 10.0. The minimum atomic E-state index is -2.22. The first-order valence-corrected chi connectivity index (χ1v) is 25.9. The molecule has 22 heteroatoms. The van der Waals surface area contributed by atoms with Crippen molar-refractivity contribution in [3.8, 4) is 11.5 Å². The van der Waals surface area contributed by atoms with E-state index in [1.807, 2.05) is 30.3 Å². The molecular weight excluding hydrogens is 1000 g/mol. The van der Waals surface area contributed by atoms with Gasteiger partial charge in [-0.15, -0.1) is 0 Å². The Morgan fingerprint density at radius 2 is 1.05 bits per heavy atom. The number of esters is 3. The van der Waals surface area contributed by atoms with E-state index in [1.165, 1.54) is 14.2 Å². The van der Waals surface area contributed by atoms with Crippen LogP contribution in [0.4, 0.5) is 9.59 Å². The molecule has 0 aliphatic carbocycles. The van der Waals surface area contributed by atoms with Crippen molar-refractivity contribution >= 4 is 57.3 Å². The van der Waals surface area contributed by atoms with Gasteiger partial charge in [0.25, 0.3) is 0 Å². The highest BCUT2D eigenvalue weighted by atomic mass is 31.0. The summed E-state index contributed by atoms with van der Waals surface area (Å²) in [7, 11) is 4.84. The molecule has 4 atom stereocenters. The maximum atomic E-state index is 13.5. The molecular formula is C54H77N6O15P. The number of carbonyl (C=O) groups is 8. The lowest BCUT2D eigenvalue weighted by Gasteiger charge is -2.29. The van der Waals surface area contributed by atoms with Crippen LogP contribution in [0.3, 0.4) is 0 Å². The van der Waals surface area contributed by atoms with Crippen LogP contribution in [0.15, 0.2) is 78.9 Å². The van der Waals surface area contributed by atoms with E-state index in [-0.39, 0.29) is 63.9 Å². The number of hydrogen-bond acceptors (Lipinski definition) is 16. The number of benzene rings is 3. The van der Waals surface area contributed by atoms with Gasteiger partial charge in [0.2, 0.25) is 11.8 Å². The predicted molar refractivity (Wildman–Crippen MR) is 284 cm³/mol. The number of amides is 5. The third-order valence-electron chi connectivity index (χ3n) is 11.4. The summed E-state index contributed by atoms with van der Waals surface area (Å²) < 4.78 is 36.8. The van der Waals surface area contributed by atoms with Crippen molar-refractivity contribution in [2.24, 2.45) is 5.73 Å². The molecule has 0 aliphatic heterocycles. The normalized spacial score (nSPS) is 12.5. The highest BCUT2D eigenvalue weighted by Gasteiger charge is 2.39. The quantitative estimate of drug-likeness (QED) is 0.0123. The first-order valence-electron chi connectivity index (χ1n) is 25.4. The van der Waals surface area contributed by atoms with Crippen LogP contribution in [-0.4, -0.2) is 98.5 Å². The SMILES string of the molecule is COc1ccc(COC(=O)[C@H](CCCCNC(=O)CCCCCCC(=O)NC(CCCCNC(=O)OC(C)(C)C)C(=O)OCc2ccccc2)NC(=O)NC(N)(CCC(=O)OP)C(=O)OCc2ccc(OC)cc2)cc1. The fourth-order valence-corrected chi connectivity index (χ4v) is 7.35. The number of ether oxygens (including phenoxy) is 6. The second kappa shape index (κ2) is 34.6. The average Bonchev–Trinajstić information content (AvgIpc) is 3.40. The van der Waals surface area contributed by atoms with Gasteiger partial charge >= 0.3 is 36.0 Å². The van der Waals surface area contributed by atoms with Crippen LogP contribution in [0.1, 0.15) is 127 Å². The van der Waals surface area contributed by atoms with E-state index >= 15 is 0 Å². The standard InChI is InChI=1S/C54H77N6O15P/c1-53(2,3)74-52(68)57-34-16-14-19-43(48(64)71-35-38-17-9-8-10-18-38)58-46(62)22-12-7-6-11-21-45(61)56-33-15-13-20-44(49(65)72-36-39-23-27-41(69-4)28-24-39)59-51(67)60-54(55,32-31-47(63)75-76)50(66)73-37-40-25-29-42(70-5)30-26-40/h8-10,17-18,23-30,43-44H,6-7,11-16,19-22,31-37,55,76H2,1-5H3,(H,56,61)(H,57,68)(H,58,62)(H2,59,60,67)/t43?,44-,54?/m0/s1. The average molecular weight is 1080 g/mol. The molecule has 0 saturated carbocycles. The molecule has 418 valence electrons. The van der Waals surface area contributed by atoms with Gasteiger partial charge in [0.1, 0.15) is 49.0 Å². The number of hydrogen-bond donors (Lipinski definition) is 6. The third kappa shape index (κ3) is 26.5. The van der Waals surface area contributed by atoms with E-state index in [1.54, 1.807) is 78.8 Å². The summed E-state index contributed by atoms with van der Waals surface area (Å²) >= 11 is 0. The number of rotatable bonds is 34. The van der Waals surface area contributed by atoms with Crippen molar-refractivity contribution in [3.05, 3.63) is 95.6 Å². The van der Waals surface area contributed by atoms with E-state index in [4.69, 9.17) is 34.2 Å².